The SMILES string of the molecule is COC(=O)NC(=O)/C=C/C(=O)O. The van der Waals surface area contributed by atoms with Crippen molar-refractivity contribution >= 4 is 18.0 Å². The van der Waals surface area contributed by atoms with Gasteiger partial charge < -0.3 is 9.84 Å². The lowest BCUT2D eigenvalue weighted by atomic mass is 10.5. The topological polar surface area (TPSA) is 92.7 Å². The van der Waals surface area contributed by atoms with Gasteiger partial charge in [-0.2, -0.15) is 0 Å². The molecule has 0 aromatic rings. The second kappa shape index (κ2) is 4.89. The molecule has 0 heterocycles. The molecule has 0 radical (unpaired) electrons. The normalized spacial score (nSPS) is 9.42. The van der Waals surface area contributed by atoms with Gasteiger partial charge in [-0.15, -0.1) is 0 Å². The Bertz CT molecular complexity index is 232. The first kappa shape index (κ1) is 10.2. The number of methoxy groups -OCH3 is 1. The molecule has 2 N–H and O–H groups in total. The summed E-state index contributed by atoms with van der Waals surface area (Å²) >= 11 is 0. The maximum absolute atomic E-state index is 10.6. The van der Waals surface area contributed by atoms with Gasteiger partial charge in [-0.3, -0.25) is 10.1 Å². The summed E-state index contributed by atoms with van der Waals surface area (Å²) in [7, 11) is 1.09. The first-order chi connectivity index (χ1) is 5.56. The zero-order chi connectivity index (χ0) is 9.56. The van der Waals surface area contributed by atoms with E-state index in [2.05, 4.69) is 4.74 Å². The van der Waals surface area contributed by atoms with E-state index in [4.69, 9.17) is 5.11 Å². The second-order valence-electron chi connectivity index (χ2n) is 1.65. The summed E-state index contributed by atoms with van der Waals surface area (Å²) in [6.07, 6.45) is 0.382. The van der Waals surface area contributed by atoms with Crippen LogP contribution in [-0.4, -0.2) is 30.2 Å². The first-order valence-electron chi connectivity index (χ1n) is 2.86. The number of ether oxygens (including phenoxy) is 1. The Kier molecular flexibility index (Phi) is 4.13. The van der Waals surface area contributed by atoms with Gasteiger partial charge in [0.05, 0.1) is 7.11 Å². The van der Waals surface area contributed by atoms with Crippen molar-refractivity contribution in [2.45, 2.75) is 0 Å². The van der Waals surface area contributed by atoms with E-state index in [9.17, 15) is 14.4 Å². The monoisotopic (exact) mass is 173 g/mol. The fourth-order valence-electron chi connectivity index (χ4n) is 0.340. The van der Waals surface area contributed by atoms with Crippen molar-refractivity contribution in [3.8, 4) is 0 Å². The van der Waals surface area contributed by atoms with Crippen LogP contribution in [-0.2, 0) is 14.3 Å². The highest BCUT2D eigenvalue weighted by Gasteiger charge is 2.02. The maximum Gasteiger partial charge on any atom is 0.413 e. The van der Waals surface area contributed by atoms with E-state index in [1.54, 1.807) is 5.32 Å². The number of hydrogen-bond acceptors (Lipinski definition) is 4. The zero-order valence-electron chi connectivity index (χ0n) is 6.23. The van der Waals surface area contributed by atoms with Gasteiger partial charge in [0.1, 0.15) is 0 Å². The highest BCUT2D eigenvalue weighted by atomic mass is 16.5. The lowest BCUT2D eigenvalue weighted by molar-refractivity contribution is -0.131. The van der Waals surface area contributed by atoms with Gasteiger partial charge in [0.2, 0.25) is 0 Å². The summed E-state index contributed by atoms with van der Waals surface area (Å²) in [5, 5.41) is 9.81. The van der Waals surface area contributed by atoms with Crippen molar-refractivity contribution < 1.29 is 24.2 Å². The fraction of sp³-hybridized carbons (Fsp3) is 0.167. The number of carboxylic acid groups (broad SMARTS) is 1. The molecule has 0 saturated heterocycles. The number of carbonyl (C=O) groups excluding carboxylic acids is 2. The first-order valence-corrected chi connectivity index (χ1v) is 2.86. The van der Waals surface area contributed by atoms with Crippen LogP contribution in [0.1, 0.15) is 0 Å². The smallest absolute Gasteiger partial charge is 0.413 e. The highest BCUT2D eigenvalue weighted by molar-refractivity contribution is 6.01. The lowest BCUT2D eigenvalue weighted by Crippen LogP contribution is -2.28. The number of imide groups is 1. The molecule has 6 nitrogen and oxygen atoms in total. The molecule has 0 saturated carbocycles. The number of aliphatic carboxylic acids is 1. The van der Waals surface area contributed by atoms with E-state index in [0.717, 1.165) is 7.11 Å². The molecule has 0 aliphatic rings. The van der Waals surface area contributed by atoms with Gasteiger partial charge in [-0.05, 0) is 0 Å². The van der Waals surface area contributed by atoms with Crippen molar-refractivity contribution in [1.29, 1.82) is 0 Å². The minimum atomic E-state index is -1.27. The lowest BCUT2D eigenvalue weighted by Gasteiger charge is -1.96. The molecule has 0 bridgehead atoms. The van der Waals surface area contributed by atoms with Crippen molar-refractivity contribution in [2.75, 3.05) is 7.11 Å². The number of hydrogen-bond donors (Lipinski definition) is 2. The Balaban J connectivity index is 3.90. The summed E-state index contributed by atoms with van der Waals surface area (Å²) in [6.45, 7) is 0. The van der Waals surface area contributed by atoms with Crippen LogP contribution < -0.4 is 5.32 Å². The van der Waals surface area contributed by atoms with Crippen molar-refractivity contribution in [1.82, 2.24) is 5.32 Å². The summed E-state index contributed by atoms with van der Waals surface area (Å²) in [6, 6.07) is 0. The Morgan fingerprint density at radius 1 is 1.33 bits per heavy atom. The third-order valence-electron chi connectivity index (χ3n) is 0.788. The third-order valence-corrected chi connectivity index (χ3v) is 0.788. The molecular formula is C6H7NO5. The number of nitrogens with one attached hydrogen (secondary N) is 1. The molecule has 6 heteroatoms. The van der Waals surface area contributed by atoms with Gasteiger partial charge in [0.25, 0.3) is 5.91 Å². The fourth-order valence-corrected chi connectivity index (χ4v) is 0.340. The van der Waals surface area contributed by atoms with Gasteiger partial charge in [-0.25, -0.2) is 9.59 Å². The zero-order valence-corrected chi connectivity index (χ0v) is 6.23. The predicted molar refractivity (Wildman–Crippen MR) is 37.3 cm³/mol. The van der Waals surface area contributed by atoms with Gasteiger partial charge in [0, 0.05) is 12.2 Å². The minimum absolute atomic E-state index is 0.609. The summed E-state index contributed by atoms with van der Waals surface area (Å²) in [5.74, 6) is -2.11. The van der Waals surface area contributed by atoms with Gasteiger partial charge in [-0.1, -0.05) is 0 Å². The number of amides is 2. The number of carboxylic acids is 1. The molecule has 0 spiro atoms. The average Bonchev–Trinajstić information content (AvgIpc) is 2.00. The molecule has 0 fully saturated rings. The molecule has 0 unspecified atom stereocenters. The van der Waals surface area contributed by atoms with Crippen LogP contribution in [0.3, 0.4) is 0 Å². The average molecular weight is 173 g/mol. The molecule has 0 atom stereocenters. The van der Waals surface area contributed by atoms with Gasteiger partial charge >= 0.3 is 12.1 Å². The molecule has 0 aliphatic carbocycles. The summed E-state index contributed by atoms with van der Waals surface area (Å²) in [5.41, 5.74) is 0. The van der Waals surface area contributed by atoms with Crippen LogP contribution in [0.4, 0.5) is 4.79 Å². The van der Waals surface area contributed by atoms with Crippen LogP contribution >= 0.6 is 0 Å². The number of rotatable bonds is 2. The molecule has 0 aromatic heterocycles. The molecule has 0 rings (SSSR count). The van der Waals surface area contributed by atoms with Crippen LogP contribution in [0.5, 0.6) is 0 Å². The van der Waals surface area contributed by atoms with E-state index in [1.165, 1.54) is 0 Å². The van der Waals surface area contributed by atoms with E-state index in [1.807, 2.05) is 0 Å². The predicted octanol–water partition coefficient (Wildman–Crippen LogP) is -0.490. The van der Waals surface area contributed by atoms with Crippen molar-refractivity contribution in [3.63, 3.8) is 0 Å². The minimum Gasteiger partial charge on any atom is -0.478 e. The van der Waals surface area contributed by atoms with Crippen LogP contribution in [0.2, 0.25) is 0 Å². The van der Waals surface area contributed by atoms with E-state index in [-0.39, 0.29) is 0 Å². The largest absolute Gasteiger partial charge is 0.478 e. The van der Waals surface area contributed by atoms with Crippen LogP contribution in [0, 0.1) is 0 Å². The molecule has 0 aromatic carbocycles. The second-order valence-corrected chi connectivity index (χ2v) is 1.65. The van der Waals surface area contributed by atoms with E-state index in [0.29, 0.717) is 12.2 Å². The van der Waals surface area contributed by atoms with E-state index >= 15 is 0 Å². The molecular weight excluding hydrogens is 166 g/mol. The Morgan fingerprint density at radius 2 is 1.92 bits per heavy atom. The van der Waals surface area contributed by atoms with E-state index < -0.39 is 18.0 Å². The Morgan fingerprint density at radius 3 is 2.33 bits per heavy atom. The molecule has 12 heavy (non-hydrogen) atoms. The molecule has 2 amide bonds. The van der Waals surface area contributed by atoms with Crippen LogP contribution in [0.25, 0.3) is 0 Å². The standard InChI is InChI=1S/C6H7NO5/c1-12-6(11)7-4(8)2-3-5(9)10/h2-3H,1H3,(H,9,10)(H,7,8,11)/b3-2+. The van der Waals surface area contributed by atoms with Crippen molar-refractivity contribution in [2.24, 2.45) is 0 Å². The quantitative estimate of drug-likeness (QED) is 0.549. The van der Waals surface area contributed by atoms with Crippen LogP contribution in [0.15, 0.2) is 12.2 Å². The van der Waals surface area contributed by atoms with Gasteiger partial charge in [0.15, 0.2) is 0 Å². The highest BCUT2D eigenvalue weighted by Crippen LogP contribution is 1.76. The number of carbonyl (C=O) groups is 3. The molecule has 0 aliphatic heterocycles. The molecule has 66 valence electrons. The third kappa shape index (κ3) is 4.98. The maximum atomic E-state index is 10.6. The number of alkyl carbamates (subject to hydrolysis) is 1. The Hall–Kier alpha value is -1.85. The van der Waals surface area contributed by atoms with Crippen molar-refractivity contribution in [3.05, 3.63) is 12.2 Å². The summed E-state index contributed by atoms with van der Waals surface area (Å²) in [4.78, 5) is 30.8. The Labute approximate surface area is 67.8 Å². The summed E-state index contributed by atoms with van der Waals surface area (Å²) < 4.78 is 4.08.